The Balaban J connectivity index is 1.93. The number of hydrogen-bond donors (Lipinski definition) is 0. The monoisotopic (exact) mass is 460 g/mol. The summed E-state index contributed by atoms with van der Waals surface area (Å²) in [4.78, 5) is 63.3. The van der Waals surface area contributed by atoms with E-state index in [0.717, 1.165) is 0 Å². The molecule has 8 heteroatoms. The van der Waals surface area contributed by atoms with Gasteiger partial charge in [0.1, 0.15) is 11.5 Å². The van der Waals surface area contributed by atoms with E-state index < -0.39 is 29.1 Å². The van der Waals surface area contributed by atoms with Crippen LogP contribution in [0.4, 0.5) is 0 Å². The van der Waals surface area contributed by atoms with Crippen molar-refractivity contribution in [3.63, 3.8) is 0 Å². The molecule has 0 saturated heterocycles. The van der Waals surface area contributed by atoms with Crippen molar-refractivity contribution >= 4 is 29.1 Å². The lowest BCUT2D eigenvalue weighted by molar-refractivity contribution is 0.0600. The topological polar surface area (TPSA) is 113 Å². The molecule has 0 N–H and O–H groups in total. The molecule has 0 radical (unpaired) electrons. The standard InChI is InChI=1S/C26H20O8/c1-32-18-12-17(13-19(14-18)33-2)23(28)25(30)21-7-5-4-6-20(21)24(29)22(27)15-8-10-16(11-9-15)26(31)34-3/h4-14H,1-3H3. The van der Waals surface area contributed by atoms with Crippen LogP contribution in [0.5, 0.6) is 11.5 Å². The number of rotatable bonds is 9. The van der Waals surface area contributed by atoms with Crippen LogP contribution in [0.3, 0.4) is 0 Å². The molecule has 0 amide bonds. The largest absolute Gasteiger partial charge is 0.497 e. The average molecular weight is 460 g/mol. The second-order valence-corrected chi connectivity index (χ2v) is 7.03. The van der Waals surface area contributed by atoms with E-state index in [1.54, 1.807) is 6.07 Å². The number of ketones is 4. The Bertz CT molecular complexity index is 1270. The predicted molar refractivity (Wildman–Crippen MR) is 121 cm³/mol. The second kappa shape index (κ2) is 10.4. The molecule has 0 atom stereocenters. The Morgan fingerprint density at radius 3 is 1.41 bits per heavy atom. The fourth-order valence-electron chi connectivity index (χ4n) is 3.20. The highest BCUT2D eigenvalue weighted by Crippen LogP contribution is 2.24. The van der Waals surface area contributed by atoms with Gasteiger partial charge in [-0.15, -0.1) is 0 Å². The van der Waals surface area contributed by atoms with E-state index >= 15 is 0 Å². The molecule has 0 saturated carbocycles. The van der Waals surface area contributed by atoms with Crippen LogP contribution in [0.25, 0.3) is 0 Å². The lowest BCUT2D eigenvalue weighted by Gasteiger charge is -2.09. The van der Waals surface area contributed by atoms with E-state index in [1.165, 1.54) is 82.0 Å². The van der Waals surface area contributed by atoms with Crippen LogP contribution in [0.2, 0.25) is 0 Å². The minimum Gasteiger partial charge on any atom is -0.497 e. The van der Waals surface area contributed by atoms with Gasteiger partial charge in [-0.1, -0.05) is 36.4 Å². The van der Waals surface area contributed by atoms with Gasteiger partial charge in [-0.25, -0.2) is 4.79 Å². The molecule has 0 spiro atoms. The second-order valence-electron chi connectivity index (χ2n) is 7.03. The predicted octanol–water partition coefficient (Wildman–Crippen LogP) is 3.62. The molecule has 3 rings (SSSR count). The molecule has 3 aromatic rings. The molecule has 8 nitrogen and oxygen atoms in total. The first-order chi connectivity index (χ1) is 16.3. The normalized spacial score (nSPS) is 10.2. The summed E-state index contributed by atoms with van der Waals surface area (Å²) in [6, 6.07) is 15.2. The number of Topliss-reactive ketones (excluding diaryl/α,β-unsaturated/α-hetero) is 4. The van der Waals surface area contributed by atoms with Crippen molar-refractivity contribution in [1.82, 2.24) is 0 Å². The fourth-order valence-corrected chi connectivity index (χ4v) is 3.20. The first-order valence-electron chi connectivity index (χ1n) is 9.99. The van der Waals surface area contributed by atoms with Gasteiger partial charge >= 0.3 is 5.97 Å². The summed E-state index contributed by atoms with van der Waals surface area (Å²) < 4.78 is 14.9. The summed E-state index contributed by atoms with van der Waals surface area (Å²) in [5.41, 5.74) is -0.185. The van der Waals surface area contributed by atoms with Gasteiger partial charge in [-0.3, -0.25) is 19.2 Å². The van der Waals surface area contributed by atoms with Crippen molar-refractivity contribution in [3.05, 3.63) is 94.5 Å². The van der Waals surface area contributed by atoms with Crippen LogP contribution < -0.4 is 9.47 Å². The van der Waals surface area contributed by atoms with Crippen LogP contribution in [-0.2, 0) is 4.74 Å². The summed E-state index contributed by atoms with van der Waals surface area (Å²) in [6.45, 7) is 0. The Morgan fingerprint density at radius 1 is 0.529 bits per heavy atom. The SMILES string of the molecule is COC(=O)c1ccc(C(=O)C(=O)c2ccccc2C(=O)C(=O)c2cc(OC)cc(OC)c2)cc1. The van der Waals surface area contributed by atoms with Gasteiger partial charge in [0.15, 0.2) is 0 Å². The van der Waals surface area contributed by atoms with Crippen molar-refractivity contribution in [3.8, 4) is 11.5 Å². The quantitative estimate of drug-likeness (QED) is 0.270. The summed E-state index contributed by atoms with van der Waals surface area (Å²) >= 11 is 0. The average Bonchev–Trinajstić information content (AvgIpc) is 2.90. The Kier molecular flexibility index (Phi) is 7.33. The lowest BCUT2D eigenvalue weighted by Crippen LogP contribution is -2.22. The highest BCUT2D eigenvalue weighted by Gasteiger charge is 2.28. The lowest BCUT2D eigenvalue weighted by atomic mass is 9.92. The number of methoxy groups -OCH3 is 3. The van der Waals surface area contributed by atoms with Crippen molar-refractivity contribution in [2.24, 2.45) is 0 Å². The molecule has 0 bridgehead atoms. The summed E-state index contributed by atoms with van der Waals surface area (Å²) in [5, 5.41) is 0. The summed E-state index contributed by atoms with van der Waals surface area (Å²) in [6.07, 6.45) is 0. The Morgan fingerprint density at radius 2 is 0.971 bits per heavy atom. The van der Waals surface area contributed by atoms with Crippen LogP contribution in [0, 0.1) is 0 Å². The number of carbonyl (C=O) groups excluding carboxylic acids is 5. The molecular weight excluding hydrogens is 440 g/mol. The zero-order chi connectivity index (χ0) is 24.8. The molecule has 0 aliphatic carbocycles. The molecule has 0 aromatic heterocycles. The van der Waals surface area contributed by atoms with Gasteiger partial charge in [-0.2, -0.15) is 0 Å². The summed E-state index contributed by atoms with van der Waals surface area (Å²) in [7, 11) is 4.03. The molecular formula is C26H20O8. The number of benzene rings is 3. The van der Waals surface area contributed by atoms with Crippen LogP contribution in [0.1, 0.15) is 51.8 Å². The van der Waals surface area contributed by atoms with Crippen molar-refractivity contribution < 1.29 is 38.2 Å². The maximum absolute atomic E-state index is 13.0. The smallest absolute Gasteiger partial charge is 0.337 e. The zero-order valence-corrected chi connectivity index (χ0v) is 18.6. The van der Waals surface area contributed by atoms with Crippen molar-refractivity contribution in [2.75, 3.05) is 21.3 Å². The van der Waals surface area contributed by atoms with E-state index in [4.69, 9.17) is 9.47 Å². The van der Waals surface area contributed by atoms with E-state index in [-0.39, 0.29) is 27.8 Å². The third-order valence-electron chi connectivity index (χ3n) is 5.01. The third-order valence-corrected chi connectivity index (χ3v) is 5.01. The molecule has 0 unspecified atom stereocenters. The number of carbonyl (C=O) groups is 5. The number of hydrogen-bond acceptors (Lipinski definition) is 8. The van der Waals surface area contributed by atoms with E-state index in [2.05, 4.69) is 4.74 Å². The molecule has 0 heterocycles. The zero-order valence-electron chi connectivity index (χ0n) is 18.6. The first kappa shape index (κ1) is 24.1. The van der Waals surface area contributed by atoms with Gasteiger partial charge in [-0.05, 0) is 24.3 Å². The van der Waals surface area contributed by atoms with Crippen molar-refractivity contribution in [1.29, 1.82) is 0 Å². The van der Waals surface area contributed by atoms with Gasteiger partial charge in [0.25, 0.3) is 0 Å². The minimum atomic E-state index is -0.967. The van der Waals surface area contributed by atoms with E-state index in [1.807, 2.05) is 0 Å². The number of esters is 1. The van der Waals surface area contributed by atoms with Gasteiger partial charge < -0.3 is 14.2 Å². The Hall–Kier alpha value is -4.59. The third kappa shape index (κ3) is 4.91. The van der Waals surface area contributed by atoms with E-state index in [0.29, 0.717) is 11.5 Å². The van der Waals surface area contributed by atoms with E-state index in [9.17, 15) is 24.0 Å². The molecule has 172 valence electrons. The van der Waals surface area contributed by atoms with Gasteiger partial charge in [0.2, 0.25) is 23.1 Å². The molecule has 34 heavy (non-hydrogen) atoms. The molecule has 0 fully saturated rings. The molecule has 0 aliphatic heterocycles. The highest BCUT2D eigenvalue weighted by molar-refractivity contribution is 6.54. The minimum absolute atomic E-state index is 0.00757. The fraction of sp³-hybridized carbons (Fsp3) is 0.115. The van der Waals surface area contributed by atoms with Crippen LogP contribution >= 0.6 is 0 Å². The maximum atomic E-state index is 13.0. The molecule has 3 aromatic carbocycles. The number of ether oxygens (including phenoxy) is 3. The van der Waals surface area contributed by atoms with Gasteiger partial charge in [0, 0.05) is 28.3 Å². The molecule has 0 aliphatic rings. The van der Waals surface area contributed by atoms with Gasteiger partial charge in [0.05, 0.1) is 26.9 Å². The van der Waals surface area contributed by atoms with Crippen molar-refractivity contribution in [2.45, 2.75) is 0 Å². The van der Waals surface area contributed by atoms with Crippen LogP contribution in [0.15, 0.2) is 66.7 Å². The van der Waals surface area contributed by atoms with Crippen LogP contribution in [-0.4, -0.2) is 50.4 Å². The Labute approximate surface area is 195 Å². The maximum Gasteiger partial charge on any atom is 0.337 e. The summed E-state index contributed by atoms with van der Waals surface area (Å²) in [5.74, 6) is -3.69. The first-order valence-corrected chi connectivity index (χ1v) is 9.99. The highest BCUT2D eigenvalue weighted by atomic mass is 16.5.